The Labute approximate surface area is 177 Å². The summed E-state index contributed by atoms with van der Waals surface area (Å²) in [6.07, 6.45) is 6.64. The van der Waals surface area contributed by atoms with E-state index in [1.54, 1.807) is 0 Å². The van der Waals surface area contributed by atoms with Crippen LogP contribution in [0.2, 0.25) is 0 Å². The zero-order valence-corrected chi connectivity index (χ0v) is 18.6. The summed E-state index contributed by atoms with van der Waals surface area (Å²) in [5.41, 5.74) is 5.86. The number of ketones is 1. The van der Waals surface area contributed by atoms with Gasteiger partial charge in [-0.3, -0.25) is 4.79 Å². The van der Waals surface area contributed by atoms with E-state index in [2.05, 4.69) is 42.5 Å². The predicted octanol–water partition coefficient (Wildman–Crippen LogP) is 6.52. The standard InChI is InChI=1S/C22H22Br2N2O/c1-25-18-8-6-14(20(23)12-18)10-16-4-3-5-17(22(16)27)11-15-7-9-19(26-2)13-21(15)24/h6-13,25-26H,3-5H2,1-2H3/b16-10+,17-11+. The number of carbonyl (C=O) groups excluding carboxylic acids is 1. The lowest BCUT2D eigenvalue weighted by molar-refractivity contribution is -0.112. The van der Waals surface area contributed by atoms with Gasteiger partial charge >= 0.3 is 0 Å². The normalized spacial score (nSPS) is 17.4. The van der Waals surface area contributed by atoms with Crippen LogP contribution >= 0.6 is 31.9 Å². The van der Waals surface area contributed by atoms with Gasteiger partial charge in [-0.15, -0.1) is 0 Å². The summed E-state index contributed by atoms with van der Waals surface area (Å²) < 4.78 is 1.97. The first-order valence-electron chi connectivity index (χ1n) is 8.92. The molecule has 0 heterocycles. The van der Waals surface area contributed by atoms with Gasteiger partial charge in [-0.25, -0.2) is 0 Å². The van der Waals surface area contributed by atoms with E-state index in [-0.39, 0.29) is 5.78 Å². The van der Waals surface area contributed by atoms with Gasteiger partial charge in [0.05, 0.1) is 0 Å². The van der Waals surface area contributed by atoms with Gasteiger partial charge in [0.25, 0.3) is 0 Å². The Morgan fingerprint density at radius 2 is 1.26 bits per heavy atom. The van der Waals surface area contributed by atoms with Gasteiger partial charge in [0, 0.05) is 45.6 Å². The van der Waals surface area contributed by atoms with E-state index < -0.39 is 0 Å². The lowest BCUT2D eigenvalue weighted by Crippen LogP contribution is -2.12. The van der Waals surface area contributed by atoms with E-state index in [0.29, 0.717) is 0 Å². The first kappa shape index (κ1) is 19.9. The van der Waals surface area contributed by atoms with Crippen molar-refractivity contribution in [1.29, 1.82) is 0 Å². The molecule has 0 aliphatic heterocycles. The van der Waals surface area contributed by atoms with Crippen molar-refractivity contribution in [2.45, 2.75) is 19.3 Å². The van der Waals surface area contributed by atoms with Crippen LogP contribution in [0.1, 0.15) is 30.4 Å². The van der Waals surface area contributed by atoms with E-state index in [0.717, 1.165) is 61.9 Å². The Hall–Kier alpha value is -1.85. The molecule has 3 rings (SSSR count). The van der Waals surface area contributed by atoms with Gasteiger partial charge in [-0.05, 0) is 66.8 Å². The van der Waals surface area contributed by atoms with Crippen LogP contribution in [-0.2, 0) is 4.79 Å². The SMILES string of the molecule is CNc1ccc(/C=C2\CCC/C(=C\c3ccc(NC)cc3Br)C2=O)c(Br)c1. The van der Waals surface area contributed by atoms with Crippen molar-refractivity contribution in [2.75, 3.05) is 24.7 Å². The highest BCUT2D eigenvalue weighted by Gasteiger charge is 2.21. The Balaban J connectivity index is 1.90. The fraction of sp³-hybridized carbons (Fsp3) is 0.227. The zero-order chi connectivity index (χ0) is 19.4. The molecule has 0 saturated heterocycles. The van der Waals surface area contributed by atoms with Crippen LogP contribution in [0.3, 0.4) is 0 Å². The molecule has 0 spiro atoms. The van der Waals surface area contributed by atoms with Crippen LogP contribution < -0.4 is 10.6 Å². The third-order valence-corrected chi connectivity index (χ3v) is 6.09. The van der Waals surface area contributed by atoms with Gasteiger partial charge < -0.3 is 10.6 Å². The van der Waals surface area contributed by atoms with Crippen LogP contribution in [0.5, 0.6) is 0 Å². The molecule has 1 saturated carbocycles. The molecule has 1 aliphatic rings. The summed E-state index contributed by atoms with van der Waals surface area (Å²) >= 11 is 7.21. The lowest BCUT2D eigenvalue weighted by Gasteiger charge is -2.17. The number of halogens is 2. The second-order valence-corrected chi connectivity index (χ2v) is 8.20. The number of benzene rings is 2. The molecule has 1 fully saturated rings. The Morgan fingerprint density at radius 3 is 1.63 bits per heavy atom. The first-order valence-corrected chi connectivity index (χ1v) is 10.5. The summed E-state index contributed by atoms with van der Waals surface area (Å²) in [5, 5.41) is 6.24. The van der Waals surface area contributed by atoms with Crippen LogP contribution in [0.25, 0.3) is 12.2 Å². The molecule has 1 aliphatic carbocycles. The highest BCUT2D eigenvalue weighted by Crippen LogP contribution is 2.32. The fourth-order valence-electron chi connectivity index (χ4n) is 3.15. The molecule has 2 aromatic carbocycles. The van der Waals surface area contributed by atoms with Crippen molar-refractivity contribution in [3.8, 4) is 0 Å². The molecule has 2 aromatic rings. The van der Waals surface area contributed by atoms with Gasteiger partial charge in [-0.2, -0.15) is 0 Å². The number of anilines is 2. The maximum atomic E-state index is 13.0. The topological polar surface area (TPSA) is 41.1 Å². The Bertz CT molecular complexity index is 858. The van der Waals surface area contributed by atoms with E-state index in [9.17, 15) is 4.79 Å². The number of nitrogens with one attached hydrogen (secondary N) is 2. The summed E-state index contributed by atoms with van der Waals surface area (Å²) in [7, 11) is 3.78. The molecule has 0 unspecified atom stereocenters. The number of rotatable bonds is 4. The summed E-state index contributed by atoms with van der Waals surface area (Å²) in [5.74, 6) is 0.149. The molecular formula is C22H22Br2N2O. The fourth-order valence-corrected chi connectivity index (χ4v) is 4.14. The maximum absolute atomic E-state index is 13.0. The molecule has 3 nitrogen and oxygen atoms in total. The molecule has 0 atom stereocenters. The number of Topliss-reactive ketones (excluding diaryl/α,β-unsaturated/α-hetero) is 1. The molecule has 0 radical (unpaired) electrons. The third-order valence-electron chi connectivity index (χ3n) is 4.71. The molecule has 5 heteroatoms. The largest absolute Gasteiger partial charge is 0.388 e. The average Bonchev–Trinajstić information content (AvgIpc) is 2.67. The second kappa shape index (κ2) is 8.89. The minimum atomic E-state index is 0.149. The predicted molar refractivity (Wildman–Crippen MR) is 122 cm³/mol. The van der Waals surface area contributed by atoms with E-state index in [4.69, 9.17) is 0 Å². The molecule has 27 heavy (non-hydrogen) atoms. The van der Waals surface area contributed by atoms with Gasteiger partial charge in [0.2, 0.25) is 0 Å². The van der Waals surface area contributed by atoms with Crippen LogP contribution in [-0.4, -0.2) is 19.9 Å². The number of carbonyl (C=O) groups is 1. The maximum Gasteiger partial charge on any atom is 0.185 e. The summed E-state index contributed by atoms with van der Waals surface area (Å²) in [6.45, 7) is 0. The Kier molecular flexibility index (Phi) is 6.55. The number of hydrogen-bond acceptors (Lipinski definition) is 3. The smallest absolute Gasteiger partial charge is 0.185 e. The minimum absolute atomic E-state index is 0.149. The zero-order valence-electron chi connectivity index (χ0n) is 15.4. The highest BCUT2D eigenvalue weighted by molar-refractivity contribution is 9.10. The number of allylic oxidation sites excluding steroid dienone is 2. The first-order chi connectivity index (χ1) is 13.0. The average molecular weight is 490 g/mol. The van der Waals surface area contributed by atoms with Crippen molar-refractivity contribution in [2.24, 2.45) is 0 Å². The molecule has 0 amide bonds. The van der Waals surface area contributed by atoms with Crippen molar-refractivity contribution < 1.29 is 4.79 Å². The van der Waals surface area contributed by atoms with Crippen LogP contribution in [0.15, 0.2) is 56.5 Å². The summed E-state index contributed by atoms with van der Waals surface area (Å²) in [6, 6.07) is 12.1. The molecule has 0 aromatic heterocycles. The summed E-state index contributed by atoms with van der Waals surface area (Å²) in [4.78, 5) is 13.0. The van der Waals surface area contributed by atoms with Gasteiger partial charge in [0.1, 0.15) is 0 Å². The number of hydrogen-bond donors (Lipinski definition) is 2. The second-order valence-electron chi connectivity index (χ2n) is 6.49. The van der Waals surface area contributed by atoms with Crippen LogP contribution in [0, 0.1) is 0 Å². The Morgan fingerprint density at radius 1 is 0.815 bits per heavy atom. The molecular weight excluding hydrogens is 468 g/mol. The van der Waals surface area contributed by atoms with Gasteiger partial charge in [0.15, 0.2) is 5.78 Å². The van der Waals surface area contributed by atoms with Crippen LogP contribution in [0.4, 0.5) is 11.4 Å². The van der Waals surface area contributed by atoms with E-state index in [1.165, 1.54) is 0 Å². The third kappa shape index (κ3) is 4.71. The quantitative estimate of drug-likeness (QED) is 0.480. The monoisotopic (exact) mass is 488 g/mol. The molecule has 0 bridgehead atoms. The lowest BCUT2D eigenvalue weighted by atomic mass is 9.87. The van der Waals surface area contributed by atoms with Crippen molar-refractivity contribution in [1.82, 2.24) is 0 Å². The minimum Gasteiger partial charge on any atom is -0.388 e. The van der Waals surface area contributed by atoms with E-state index in [1.807, 2.05) is 62.6 Å². The molecule has 140 valence electrons. The van der Waals surface area contributed by atoms with Crippen molar-refractivity contribution in [3.05, 3.63) is 67.6 Å². The molecule has 2 N–H and O–H groups in total. The highest BCUT2D eigenvalue weighted by atomic mass is 79.9. The van der Waals surface area contributed by atoms with Crippen molar-refractivity contribution in [3.63, 3.8) is 0 Å². The van der Waals surface area contributed by atoms with Gasteiger partial charge in [-0.1, -0.05) is 44.0 Å². The van der Waals surface area contributed by atoms with Crippen molar-refractivity contribution >= 4 is 61.2 Å². The van der Waals surface area contributed by atoms with E-state index >= 15 is 0 Å².